The third-order valence-corrected chi connectivity index (χ3v) is 2.59. The monoisotopic (exact) mass is 227 g/mol. The number of hydrogen-bond donors (Lipinski definition) is 2. The van der Waals surface area contributed by atoms with E-state index >= 15 is 0 Å². The second kappa shape index (κ2) is 6.70. The van der Waals surface area contributed by atoms with Gasteiger partial charge in [-0.05, 0) is 43.9 Å². The molecule has 0 saturated carbocycles. The van der Waals surface area contributed by atoms with Crippen molar-refractivity contribution in [3.05, 3.63) is 28.8 Å². The number of aliphatic hydroxyl groups is 1. The van der Waals surface area contributed by atoms with Crippen LogP contribution < -0.4 is 5.32 Å². The number of hydrogen-bond acceptors (Lipinski definition) is 2. The number of anilines is 1. The lowest BCUT2D eigenvalue weighted by atomic mass is 10.2. The van der Waals surface area contributed by atoms with Crippen molar-refractivity contribution in [1.82, 2.24) is 0 Å². The van der Waals surface area contributed by atoms with Gasteiger partial charge in [0, 0.05) is 23.9 Å². The first-order valence-electron chi connectivity index (χ1n) is 5.35. The molecule has 2 N–H and O–H groups in total. The molecule has 0 saturated heterocycles. The number of halogens is 1. The van der Waals surface area contributed by atoms with Gasteiger partial charge in [0.15, 0.2) is 0 Å². The van der Waals surface area contributed by atoms with Crippen molar-refractivity contribution in [3.8, 4) is 0 Å². The van der Waals surface area contributed by atoms with E-state index in [1.165, 1.54) is 5.56 Å². The molecule has 1 rings (SSSR count). The van der Waals surface area contributed by atoms with Gasteiger partial charge in [-0.3, -0.25) is 0 Å². The third-order valence-electron chi connectivity index (χ3n) is 2.35. The van der Waals surface area contributed by atoms with E-state index in [1.54, 1.807) is 0 Å². The normalized spacial score (nSPS) is 10.3. The topological polar surface area (TPSA) is 32.3 Å². The van der Waals surface area contributed by atoms with E-state index in [4.69, 9.17) is 16.7 Å². The molecule has 0 amide bonds. The Balaban J connectivity index is 2.33. The zero-order valence-corrected chi connectivity index (χ0v) is 9.85. The minimum absolute atomic E-state index is 0.288. The maximum absolute atomic E-state index is 8.63. The molecule has 0 fully saturated rings. The molecule has 0 aliphatic rings. The highest BCUT2D eigenvalue weighted by Gasteiger charge is 1.98. The quantitative estimate of drug-likeness (QED) is 0.732. The fraction of sp³-hybridized carbons (Fsp3) is 0.500. The van der Waals surface area contributed by atoms with Gasteiger partial charge in [0.2, 0.25) is 0 Å². The van der Waals surface area contributed by atoms with Gasteiger partial charge >= 0.3 is 0 Å². The number of rotatable bonds is 6. The van der Waals surface area contributed by atoms with Crippen molar-refractivity contribution < 1.29 is 5.11 Å². The molecule has 0 unspecified atom stereocenters. The molecule has 0 heterocycles. The van der Waals surface area contributed by atoms with E-state index in [9.17, 15) is 0 Å². The molecule has 15 heavy (non-hydrogen) atoms. The van der Waals surface area contributed by atoms with Crippen LogP contribution in [-0.2, 0) is 0 Å². The van der Waals surface area contributed by atoms with Crippen LogP contribution in [0.3, 0.4) is 0 Å². The van der Waals surface area contributed by atoms with Crippen molar-refractivity contribution >= 4 is 17.3 Å². The Morgan fingerprint density at radius 1 is 1.27 bits per heavy atom. The molecule has 0 aromatic heterocycles. The molecular weight excluding hydrogens is 210 g/mol. The largest absolute Gasteiger partial charge is 0.396 e. The Morgan fingerprint density at radius 3 is 2.80 bits per heavy atom. The van der Waals surface area contributed by atoms with Crippen molar-refractivity contribution in [2.75, 3.05) is 18.5 Å². The summed E-state index contributed by atoms with van der Waals surface area (Å²) in [5.41, 5.74) is 2.31. The first-order valence-corrected chi connectivity index (χ1v) is 5.72. The predicted octanol–water partition coefficient (Wildman–Crippen LogP) is 3.22. The lowest BCUT2D eigenvalue weighted by molar-refractivity contribution is 0.283. The van der Waals surface area contributed by atoms with Gasteiger partial charge < -0.3 is 10.4 Å². The number of benzene rings is 1. The number of nitrogens with one attached hydrogen (secondary N) is 1. The molecular formula is C12H18ClNO. The summed E-state index contributed by atoms with van der Waals surface area (Å²) in [6.07, 6.45) is 3.02. The Hall–Kier alpha value is -0.730. The summed E-state index contributed by atoms with van der Waals surface area (Å²) in [6.45, 7) is 3.28. The fourth-order valence-electron chi connectivity index (χ4n) is 1.42. The van der Waals surface area contributed by atoms with E-state index < -0.39 is 0 Å². The van der Waals surface area contributed by atoms with E-state index in [0.717, 1.165) is 36.5 Å². The van der Waals surface area contributed by atoms with Crippen LogP contribution in [0, 0.1) is 6.92 Å². The van der Waals surface area contributed by atoms with Crippen molar-refractivity contribution in [2.24, 2.45) is 0 Å². The summed E-state index contributed by atoms with van der Waals surface area (Å²) in [4.78, 5) is 0. The fourth-order valence-corrected chi connectivity index (χ4v) is 1.59. The van der Waals surface area contributed by atoms with Crippen molar-refractivity contribution in [1.29, 1.82) is 0 Å². The Bertz CT molecular complexity index is 302. The van der Waals surface area contributed by atoms with Gasteiger partial charge in [0.25, 0.3) is 0 Å². The van der Waals surface area contributed by atoms with Gasteiger partial charge in [-0.2, -0.15) is 0 Å². The van der Waals surface area contributed by atoms with Crippen LogP contribution in [0.15, 0.2) is 18.2 Å². The predicted molar refractivity (Wildman–Crippen MR) is 65.6 cm³/mol. The molecule has 0 spiro atoms. The maximum atomic E-state index is 8.63. The molecule has 84 valence electrons. The molecule has 2 nitrogen and oxygen atoms in total. The first-order chi connectivity index (χ1) is 7.24. The second-order valence-electron chi connectivity index (χ2n) is 3.67. The summed E-state index contributed by atoms with van der Waals surface area (Å²) < 4.78 is 0. The van der Waals surface area contributed by atoms with Crippen LogP contribution >= 0.6 is 11.6 Å². The minimum atomic E-state index is 0.288. The van der Waals surface area contributed by atoms with E-state index in [0.29, 0.717) is 0 Å². The van der Waals surface area contributed by atoms with Gasteiger partial charge in [-0.25, -0.2) is 0 Å². The highest BCUT2D eigenvalue weighted by molar-refractivity contribution is 6.30. The Labute approximate surface area is 96.3 Å². The average Bonchev–Trinajstić information content (AvgIpc) is 2.23. The van der Waals surface area contributed by atoms with Crippen LogP contribution in [0.25, 0.3) is 0 Å². The van der Waals surface area contributed by atoms with Crippen LogP contribution in [0.2, 0.25) is 5.02 Å². The van der Waals surface area contributed by atoms with Crippen LogP contribution in [0.5, 0.6) is 0 Å². The standard InChI is InChI=1S/C12H18ClNO/c1-10-5-6-11(13)9-12(10)14-7-3-2-4-8-15/h5-6,9,14-15H,2-4,7-8H2,1H3. The molecule has 0 aliphatic carbocycles. The van der Waals surface area contributed by atoms with Gasteiger partial charge in [0.05, 0.1) is 0 Å². The molecule has 0 atom stereocenters. The molecule has 0 bridgehead atoms. The Morgan fingerprint density at radius 2 is 2.07 bits per heavy atom. The van der Waals surface area contributed by atoms with Crippen LogP contribution in [-0.4, -0.2) is 18.3 Å². The minimum Gasteiger partial charge on any atom is -0.396 e. The summed E-state index contributed by atoms with van der Waals surface area (Å²) in [5, 5.41) is 12.7. The second-order valence-corrected chi connectivity index (χ2v) is 4.11. The SMILES string of the molecule is Cc1ccc(Cl)cc1NCCCCCO. The van der Waals surface area contributed by atoms with Crippen molar-refractivity contribution in [2.45, 2.75) is 26.2 Å². The average molecular weight is 228 g/mol. The summed E-state index contributed by atoms with van der Waals surface area (Å²) >= 11 is 5.91. The van der Waals surface area contributed by atoms with Crippen molar-refractivity contribution in [3.63, 3.8) is 0 Å². The van der Waals surface area contributed by atoms with Gasteiger partial charge in [0.1, 0.15) is 0 Å². The zero-order valence-electron chi connectivity index (χ0n) is 9.09. The van der Waals surface area contributed by atoms with E-state index in [-0.39, 0.29) is 6.61 Å². The highest BCUT2D eigenvalue weighted by Crippen LogP contribution is 2.20. The number of aryl methyl sites for hydroxylation is 1. The number of unbranched alkanes of at least 4 members (excludes halogenated alkanes) is 2. The molecule has 0 aliphatic heterocycles. The Kier molecular flexibility index (Phi) is 5.51. The summed E-state index contributed by atoms with van der Waals surface area (Å²) in [5.74, 6) is 0. The van der Waals surface area contributed by atoms with Gasteiger partial charge in [-0.15, -0.1) is 0 Å². The number of aliphatic hydroxyl groups excluding tert-OH is 1. The molecule has 0 radical (unpaired) electrons. The van der Waals surface area contributed by atoms with E-state index in [2.05, 4.69) is 12.2 Å². The maximum Gasteiger partial charge on any atom is 0.0431 e. The lowest BCUT2D eigenvalue weighted by Crippen LogP contribution is -2.03. The molecule has 1 aromatic carbocycles. The van der Waals surface area contributed by atoms with Gasteiger partial charge in [-0.1, -0.05) is 17.7 Å². The van der Waals surface area contributed by atoms with E-state index in [1.807, 2.05) is 18.2 Å². The molecule has 1 aromatic rings. The summed E-state index contributed by atoms with van der Waals surface area (Å²) in [6, 6.07) is 5.86. The highest BCUT2D eigenvalue weighted by atomic mass is 35.5. The lowest BCUT2D eigenvalue weighted by Gasteiger charge is -2.09. The third kappa shape index (κ3) is 4.54. The smallest absolute Gasteiger partial charge is 0.0431 e. The summed E-state index contributed by atoms with van der Waals surface area (Å²) in [7, 11) is 0. The van der Waals surface area contributed by atoms with Crippen LogP contribution in [0.4, 0.5) is 5.69 Å². The molecule has 3 heteroatoms. The first kappa shape index (κ1) is 12.3. The zero-order chi connectivity index (χ0) is 11.1. The van der Waals surface area contributed by atoms with Crippen LogP contribution in [0.1, 0.15) is 24.8 Å².